The first kappa shape index (κ1) is 80.1. The SMILES string of the molecule is CCCCCCC/C=C\C/C=C\CCCCCCCCCCCCCCCCCCCCCC(=O)OC(CO)COC(=O)CCCCCCCCCCCCCCCCCCCCCCCCCCC/C=C\CCCCCCCCCC. The number of rotatable bonds is 71. The lowest BCUT2D eigenvalue weighted by Gasteiger charge is -2.15. The lowest BCUT2D eigenvalue weighted by atomic mass is 10.0. The summed E-state index contributed by atoms with van der Waals surface area (Å²) in [5, 5.41) is 9.71. The summed E-state index contributed by atoms with van der Waals surface area (Å²) in [4.78, 5) is 24.7. The van der Waals surface area contributed by atoms with Crippen molar-refractivity contribution in [3.63, 3.8) is 0 Å². The third-order valence-electron chi connectivity index (χ3n) is 17.4. The van der Waals surface area contributed by atoms with E-state index in [2.05, 4.69) is 50.3 Å². The number of aliphatic hydroxyl groups is 1. The van der Waals surface area contributed by atoms with Crippen LogP contribution in [-0.2, 0) is 19.1 Å². The normalized spacial score (nSPS) is 12.3. The van der Waals surface area contributed by atoms with Gasteiger partial charge in [0.25, 0.3) is 0 Å². The van der Waals surface area contributed by atoms with E-state index < -0.39 is 6.10 Å². The zero-order valence-electron chi connectivity index (χ0n) is 55.8. The van der Waals surface area contributed by atoms with Crippen molar-refractivity contribution in [1.82, 2.24) is 0 Å². The van der Waals surface area contributed by atoms with E-state index in [1.807, 2.05) is 0 Å². The second kappa shape index (κ2) is 73.4. The molecular formula is C77H146O5. The number of unbranched alkanes of at least 4 members (excludes halogenated alkanes) is 57. The van der Waals surface area contributed by atoms with Crippen LogP contribution in [0.15, 0.2) is 36.5 Å². The van der Waals surface area contributed by atoms with E-state index in [4.69, 9.17) is 9.47 Å². The molecule has 0 fully saturated rings. The number of carbonyl (C=O) groups is 2. The topological polar surface area (TPSA) is 72.8 Å². The molecule has 0 bridgehead atoms. The van der Waals surface area contributed by atoms with Gasteiger partial charge in [0.2, 0.25) is 0 Å². The average Bonchev–Trinajstić information content (AvgIpc) is 3.49. The van der Waals surface area contributed by atoms with Gasteiger partial charge >= 0.3 is 11.9 Å². The monoisotopic (exact) mass is 1150 g/mol. The van der Waals surface area contributed by atoms with Crippen LogP contribution < -0.4 is 0 Å². The smallest absolute Gasteiger partial charge is 0.306 e. The zero-order chi connectivity index (χ0) is 59.1. The van der Waals surface area contributed by atoms with Gasteiger partial charge in [0.1, 0.15) is 6.61 Å². The molecule has 484 valence electrons. The molecule has 0 amide bonds. The van der Waals surface area contributed by atoms with Gasteiger partial charge in [-0.15, -0.1) is 0 Å². The molecule has 5 heteroatoms. The predicted octanol–water partition coefficient (Wildman–Crippen LogP) is 26.1. The fourth-order valence-electron chi connectivity index (χ4n) is 11.8. The van der Waals surface area contributed by atoms with Gasteiger partial charge in [0, 0.05) is 12.8 Å². The Bertz CT molecular complexity index is 1300. The van der Waals surface area contributed by atoms with Crippen molar-refractivity contribution >= 4 is 11.9 Å². The van der Waals surface area contributed by atoms with Crippen LogP contribution in [0.2, 0.25) is 0 Å². The molecule has 0 aliphatic heterocycles. The maximum atomic E-state index is 12.4. The zero-order valence-corrected chi connectivity index (χ0v) is 55.8. The largest absolute Gasteiger partial charge is 0.462 e. The van der Waals surface area contributed by atoms with E-state index in [1.54, 1.807) is 0 Å². The Morgan fingerprint density at radius 2 is 0.488 bits per heavy atom. The molecule has 0 saturated carbocycles. The van der Waals surface area contributed by atoms with Crippen LogP contribution >= 0.6 is 0 Å². The Labute approximate surface area is 514 Å². The number of hydrogen-bond acceptors (Lipinski definition) is 5. The van der Waals surface area contributed by atoms with Crippen molar-refractivity contribution < 1.29 is 24.2 Å². The molecule has 0 aliphatic carbocycles. The summed E-state index contributed by atoms with van der Waals surface area (Å²) in [7, 11) is 0. The van der Waals surface area contributed by atoms with Crippen molar-refractivity contribution in [3.8, 4) is 0 Å². The highest BCUT2D eigenvalue weighted by atomic mass is 16.6. The average molecular weight is 1150 g/mol. The third-order valence-corrected chi connectivity index (χ3v) is 17.4. The number of carbonyl (C=O) groups excluding carboxylic acids is 2. The van der Waals surface area contributed by atoms with E-state index in [-0.39, 0.29) is 25.2 Å². The minimum absolute atomic E-state index is 0.0587. The quantitative estimate of drug-likeness (QED) is 0.0373. The van der Waals surface area contributed by atoms with Gasteiger partial charge in [-0.3, -0.25) is 9.59 Å². The molecule has 0 aromatic carbocycles. The molecule has 1 unspecified atom stereocenters. The molecule has 0 radical (unpaired) electrons. The van der Waals surface area contributed by atoms with Crippen molar-refractivity contribution in [2.45, 2.75) is 431 Å². The van der Waals surface area contributed by atoms with Crippen molar-refractivity contribution in [2.24, 2.45) is 0 Å². The summed E-state index contributed by atoms with van der Waals surface area (Å²) in [6.07, 6.45) is 97.9. The lowest BCUT2D eigenvalue weighted by Crippen LogP contribution is -2.28. The van der Waals surface area contributed by atoms with Crippen LogP contribution in [0.4, 0.5) is 0 Å². The van der Waals surface area contributed by atoms with Gasteiger partial charge in [-0.1, -0.05) is 378 Å². The predicted molar refractivity (Wildman–Crippen MR) is 362 cm³/mol. The minimum atomic E-state index is -0.770. The summed E-state index contributed by atoms with van der Waals surface area (Å²) in [6, 6.07) is 0. The molecule has 1 N–H and O–H groups in total. The number of allylic oxidation sites excluding steroid dienone is 6. The highest BCUT2D eigenvalue weighted by molar-refractivity contribution is 5.70. The fourth-order valence-corrected chi connectivity index (χ4v) is 11.8. The van der Waals surface area contributed by atoms with Gasteiger partial charge in [-0.25, -0.2) is 0 Å². The summed E-state index contributed by atoms with van der Waals surface area (Å²) in [6.45, 7) is 4.20. The molecular weight excluding hydrogens is 1000 g/mol. The molecule has 0 spiro atoms. The van der Waals surface area contributed by atoms with Crippen molar-refractivity contribution in [3.05, 3.63) is 36.5 Å². The Morgan fingerprint density at radius 3 is 0.732 bits per heavy atom. The van der Waals surface area contributed by atoms with Crippen LogP contribution in [0.3, 0.4) is 0 Å². The molecule has 0 aromatic heterocycles. The molecule has 0 rings (SSSR count). The number of aliphatic hydroxyl groups excluding tert-OH is 1. The first-order valence-electron chi connectivity index (χ1n) is 37.5. The first-order valence-corrected chi connectivity index (χ1v) is 37.5. The van der Waals surface area contributed by atoms with Crippen LogP contribution in [0, 0.1) is 0 Å². The van der Waals surface area contributed by atoms with Gasteiger partial charge in [0.05, 0.1) is 6.61 Å². The maximum absolute atomic E-state index is 12.4. The number of ether oxygens (including phenoxy) is 2. The Morgan fingerprint density at radius 1 is 0.280 bits per heavy atom. The Balaban J connectivity index is 3.37. The summed E-state index contributed by atoms with van der Waals surface area (Å²) >= 11 is 0. The highest BCUT2D eigenvalue weighted by Crippen LogP contribution is 2.19. The van der Waals surface area contributed by atoms with Crippen LogP contribution in [0.25, 0.3) is 0 Å². The van der Waals surface area contributed by atoms with Crippen LogP contribution in [0.5, 0.6) is 0 Å². The number of esters is 2. The van der Waals surface area contributed by atoms with E-state index in [0.717, 1.165) is 38.5 Å². The van der Waals surface area contributed by atoms with Gasteiger partial charge in [-0.2, -0.15) is 0 Å². The molecule has 0 saturated heterocycles. The molecule has 82 heavy (non-hydrogen) atoms. The molecule has 0 aliphatic rings. The summed E-state index contributed by atoms with van der Waals surface area (Å²) in [5.41, 5.74) is 0. The second-order valence-corrected chi connectivity index (χ2v) is 25.7. The second-order valence-electron chi connectivity index (χ2n) is 25.7. The summed E-state index contributed by atoms with van der Waals surface area (Å²) < 4.78 is 10.8. The molecule has 5 nitrogen and oxygen atoms in total. The van der Waals surface area contributed by atoms with E-state index in [9.17, 15) is 14.7 Å². The first-order chi connectivity index (χ1) is 40.6. The molecule has 1 atom stereocenters. The highest BCUT2D eigenvalue weighted by Gasteiger charge is 2.16. The van der Waals surface area contributed by atoms with E-state index >= 15 is 0 Å². The van der Waals surface area contributed by atoms with Gasteiger partial charge in [0.15, 0.2) is 6.10 Å². The standard InChI is InChI=1S/C77H146O5/c1-3-5-7-9-11-13-15-17-19-21-23-25-27-29-31-33-35-36-37-38-39-40-42-43-45-47-49-51-53-55-57-59-61-63-65-67-69-71-76(79)81-74-75(73-78)82-77(80)72-70-68-66-64-62-60-58-56-54-52-50-48-46-44-41-34-32-30-28-26-24-22-20-18-16-14-12-10-8-6-4-2/h16,18,21-24,75,78H,3-15,17,19-20,25-74H2,1-2H3/b18-16-,23-21-,24-22-. The van der Waals surface area contributed by atoms with Gasteiger partial charge < -0.3 is 14.6 Å². The Kier molecular flexibility index (Phi) is 71.7. The van der Waals surface area contributed by atoms with E-state index in [1.165, 1.54) is 360 Å². The number of hydrogen-bond donors (Lipinski definition) is 1. The van der Waals surface area contributed by atoms with Crippen LogP contribution in [0.1, 0.15) is 425 Å². The van der Waals surface area contributed by atoms with Gasteiger partial charge in [-0.05, 0) is 70.6 Å². The van der Waals surface area contributed by atoms with Crippen molar-refractivity contribution in [1.29, 1.82) is 0 Å². The van der Waals surface area contributed by atoms with Crippen molar-refractivity contribution in [2.75, 3.05) is 13.2 Å². The van der Waals surface area contributed by atoms with E-state index in [0.29, 0.717) is 12.8 Å². The summed E-state index contributed by atoms with van der Waals surface area (Å²) in [5.74, 6) is -0.564. The van der Waals surface area contributed by atoms with Crippen LogP contribution in [-0.4, -0.2) is 36.4 Å². The molecule has 0 aromatic rings. The lowest BCUT2D eigenvalue weighted by molar-refractivity contribution is -0.161. The molecule has 0 heterocycles. The Hall–Kier alpha value is -1.88. The maximum Gasteiger partial charge on any atom is 0.306 e. The minimum Gasteiger partial charge on any atom is -0.462 e. The third kappa shape index (κ3) is 70.6. The fraction of sp³-hybridized carbons (Fsp3) is 0.896.